The lowest BCUT2D eigenvalue weighted by Crippen LogP contribution is -2.33. The Kier molecular flexibility index (Phi) is 6.48. The van der Waals surface area contributed by atoms with Crippen molar-refractivity contribution in [3.05, 3.63) is 64.7 Å². The van der Waals surface area contributed by atoms with E-state index in [2.05, 4.69) is 16.8 Å². The Morgan fingerprint density at radius 2 is 2.00 bits per heavy atom. The van der Waals surface area contributed by atoms with Gasteiger partial charge in [0.05, 0.1) is 10.6 Å². The van der Waals surface area contributed by atoms with Crippen molar-refractivity contribution >= 4 is 39.7 Å². The van der Waals surface area contributed by atoms with Gasteiger partial charge in [0.2, 0.25) is 5.13 Å². The molecule has 1 heterocycles. The maximum Gasteiger partial charge on any atom is 0.261 e. The summed E-state index contributed by atoms with van der Waals surface area (Å²) in [6.07, 6.45) is 3.94. The Hall–Kier alpha value is -2.90. The molecule has 1 fully saturated rings. The first-order valence-electron chi connectivity index (χ1n) is 10.4. The molecule has 0 saturated heterocycles. The van der Waals surface area contributed by atoms with Crippen molar-refractivity contribution in [3.63, 3.8) is 0 Å². The number of carbonyl (C=O) groups is 1. The first-order valence-corrected chi connectivity index (χ1v) is 11.6. The van der Waals surface area contributed by atoms with E-state index in [1.54, 1.807) is 29.2 Å². The molecule has 0 bridgehead atoms. The van der Waals surface area contributed by atoms with Gasteiger partial charge in [-0.05, 0) is 74.1 Å². The van der Waals surface area contributed by atoms with Gasteiger partial charge in [-0.2, -0.15) is 0 Å². The summed E-state index contributed by atoms with van der Waals surface area (Å²) in [5, 5.41) is 10.4. The number of benzene rings is 2. The number of aryl methyl sites for hydroxylation is 2. The molecule has 32 heavy (non-hydrogen) atoms. The van der Waals surface area contributed by atoms with E-state index in [9.17, 15) is 4.79 Å². The zero-order valence-electron chi connectivity index (χ0n) is 18.1. The number of nitrogens with zero attached hydrogens (tertiary/aromatic N) is 3. The Morgan fingerprint density at radius 3 is 2.62 bits per heavy atom. The van der Waals surface area contributed by atoms with Crippen molar-refractivity contribution in [2.75, 3.05) is 23.8 Å². The molecule has 1 saturated carbocycles. The Labute approximate surface area is 196 Å². The van der Waals surface area contributed by atoms with E-state index in [-0.39, 0.29) is 5.91 Å². The number of rotatable bonds is 8. The highest BCUT2D eigenvalue weighted by atomic mass is 35.5. The first-order chi connectivity index (χ1) is 15.4. The summed E-state index contributed by atoms with van der Waals surface area (Å²) < 4.78 is 5.78. The van der Waals surface area contributed by atoms with Gasteiger partial charge >= 0.3 is 0 Å². The zero-order valence-corrected chi connectivity index (χ0v) is 19.7. The van der Waals surface area contributed by atoms with Gasteiger partial charge in [-0.15, -0.1) is 10.2 Å². The second-order valence-corrected chi connectivity index (χ2v) is 9.39. The van der Waals surface area contributed by atoms with E-state index in [0.717, 1.165) is 40.3 Å². The predicted octanol–water partition coefficient (Wildman–Crippen LogP) is 5.68. The van der Waals surface area contributed by atoms with Crippen LogP contribution in [0.15, 0.2) is 43.0 Å². The van der Waals surface area contributed by atoms with E-state index in [1.165, 1.54) is 11.3 Å². The number of hydrogen-bond acceptors (Lipinski definition) is 6. The molecule has 2 N–H and O–H groups in total. The smallest absolute Gasteiger partial charge is 0.261 e. The fourth-order valence-electron chi connectivity index (χ4n) is 3.54. The summed E-state index contributed by atoms with van der Waals surface area (Å²) in [7, 11) is 0. The van der Waals surface area contributed by atoms with Crippen molar-refractivity contribution in [1.29, 1.82) is 0 Å². The van der Waals surface area contributed by atoms with Crippen LogP contribution in [0.25, 0.3) is 10.6 Å². The van der Waals surface area contributed by atoms with Crippen LogP contribution in [0.2, 0.25) is 5.02 Å². The van der Waals surface area contributed by atoms with Crippen molar-refractivity contribution in [1.82, 2.24) is 10.2 Å². The van der Waals surface area contributed by atoms with Gasteiger partial charge in [0.1, 0.15) is 17.4 Å². The third-order valence-electron chi connectivity index (χ3n) is 5.30. The third kappa shape index (κ3) is 4.79. The van der Waals surface area contributed by atoms with Crippen LogP contribution in [0.5, 0.6) is 5.75 Å². The van der Waals surface area contributed by atoms with Crippen molar-refractivity contribution in [2.24, 2.45) is 5.92 Å². The lowest BCUT2D eigenvalue weighted by atomic mass is 10.1. The molecule has 0 unspecified atom stereocenters. The van der Waals surface area contributed by atoms with Crippen LogP contribution >= 0.6 is 22.9 Å². The predicted molar refractivity (Wildman–Crippen MR) is 131 cm³/mol. The minimum atomic E-state index is -0.190. The second-order valence-electron chi connectivity index (χ2n) is 8.03. The molecule has 166 valence electrons. The number of anilines is 2. The van der Waals surface area contributed by atoms with Gasteiger partial charge in [-0.1, -0.05) is 35.6 Å². The molecule has 6 nitrogen and oxygen atoms in total. The van der Waals surface area contributed by atoms with Crippen LogP contribution in [-0.4, -0.2) is 29.3 Å². The average Bonchev–Trinajstić information content (AvgIpc) is 3.44. The number of amides is 1. The SMILES string of the molecule is C=CCOc1c(C)cc(-c2nnc(N(CC3CC3)C(=O)c3ccc(N)cc3Cl)s2)cc1C. The Balaban J connectivity index is 1.65. The van der Waals surface area contributed by atoms with E-state index >= 15 is 0 Å². The number of hydrogen-bond donors (Lipinski definition) is 1. The Bertz CT molecular complexity index is 1150. The van der Waals surface area contributed by atoms with Gasteiger partial charge in [-0.25, -0.2) is 0 Å². The summed E-state index contributed by atoms with van der Waals surface area (Å²) in [5.41, 5.74) is 9.69. The van der Waals surface area contributed by atoms with Gasteiger partial charge in [0.15, 0.2) is 0 Å². The number of ether oxygens (including phenoxy) is 1. The lowest BCUT2D eigenvalue weighted by molar-refractivity contribution is 0.0985. The van der Waals surface area contributed by atoms with Crippen molar-refractivity contribution < 1.29 is 9.53 Å². The topological polar surface area (TPSA) is 81.3 Å². The van der Waals surface area contributed by atoms with Crippen molar-refractivity contribution in [2.45, 2.75) is 26.7 Å². The fraction of sp³-hybridized carbons (Fsp3) is 0.292. The van der Waals surface area contributed by atoms with Gasteiger partial charge in [0.25, 0.3) is 5.91 Å². The molecule has 1 amide bonds. The lowest BCUT2D eigenvalue weighted by Gasteiger charge is -2.20. The molecule has 1 aromatic heterocycles. The Morgan fingerprint density at radius 1 is 1.28 bits per heavy atom. The molecule has 3 aromatic rings. The molecule has 8 heteroatoms. The van der Waals surface area contributed by atoms with Gasteiger partial charge in [-0.3, -0.25) is 9.69 Å². The average molecular weight is 469 g/mol. The van der Waals surface area contributed by atoms with Crippen LogP contribution < -0.4 is 15.4 Å². The van der Waals surface area contributed by atoms with Crippen LogP contribution in [-0.2, 0) is 0 Å². The molecule has 0 atom stereocenters. The highest BCUT2D eigenvalue weighted by molar-refractivity contribution is 7.18. The van der Waals surface area contributed by atoms with Crippen LogP contribution in [0.3, 0.4) is 0 Å². The summed E-state index contributed by atoms with van der Waals surface area (Å²) in [6, 6.07) is 8.99. The highest BCUT2D eigenvalue weighted by Crippen LogP contribution is 2.37. The minimum absolute atomic E-state index is 0.190. The van der Waals surface area contributed by atoms with Crippen LogP contribution in [0, 0.1) is 19.8 Å². The summed E-state index contributed by atoms with van der Waals surface area (Å²) in [4.78, 5) is 15.0. The molecule has 2 aromatic carbocycles. The van der Waals surface area contributed by atoms with E-state index in [4.69, 9.17) is 22.1 Å². The molecular formula is C24H25ClN4O2S. The third-order valence-corrected chi connectivity index (χ3v) is 6.61. The van der Waals surface area contributed by atoms with Gasteiger partial charge in [0, 0.05) is 17.8 Å². The van der Waals surface area contributed by atoms with Crippen LogP contribution in [0.4, 0.5) is 10.8 Å². The number of halogens is 1. The number of nitrogen functional groups attached to an aromatic ring is 1. The molecule has 0 spiro atoms. The largest absolute Gasteiger partial charge is 0.489 e. The summed E-state index contributed by atoms with van der Waals surface area (Å²) in [6.45, 7) is 8.76. The van der Waals surface area contributed by atoms with E-state index in [1.807, 2.05) is 26.0 Å². The number of nitrogens with two attached hydrogens (primary N) is 1. The highest BCUT2D eigenvalue weighted by Gasteiger charge is 2.31. The normalized spacial score (nSPS) is 13.1. The van der Waals surface area contributed by atoms with Crippen molar-refractivity contribution in [3.8, 4) is 16.3 Å². The summed E-state index contributed by atoms with van der Waals surface area (Å²) >= 11 is 7.71. The van der Waals surface area contributed by atoms with E-state index < -0.39 is 0 Å². The van der Waals surface area contributed by atoms with Crippen LogP contribution in [0.1, 0.15) is 34.3 Å². The quantitative estimate of drug-likeness (QED) is 0.339. The minimum Gasteiger partial charge on any atom is -0.489 e. The molecule has 1 aliphatic rings. The van der Waals surface area contributed by atoms with Gasteiger partial charge < -0.3 is 10.5 Å². The number of aromatic nitrogens is 2. The maximum atomic E-state index is 13.4. The molecule has 4 rings (SSSR count). The molecule has 0 aliphatic heterocycles. The summed E-state index contributed by atoms with van der Waals surface area (Å²) in [5.74, 6) is 1.14. The fourth-order valence-corrected chi connectivity index (χ4v) is 4.65. The second kappa shape index (κ2) is 9.30. The molecular weight excluding hydrogens is 444 g/mol. The first kappa shape index (κ1) is 22.3. The zero-order chi connectivity index (χ0) is 22.8. The number of carbonyl (C=O) groups excluding carboxylic acids is 1. The van der Waals surface area contributed by atoms with E-state index in [0.29, 0.717) is 40.5 Å². The maximum absolute atomic E-state index is 13.4. The molecule has 1 aliphatic carbocycles. The monoisotopic (exact) mass is 468 g/mol. The molecule has 0 radical (unpaired) electrons. The standard InChI is InChI=1S/C24H25ClN4O2S/c1-4-9-31-21-14(2)10-17(11-15(21)3)22-27-28-24(32-22)29(13-16-5-6-16)23(30)19-8-7-18(26)12-20(19)25/h4,7-8,10-12,16H,1,5-6,9,13,26H2,2-3H3.